The molecule has 0 bridgehead atoms. The quantitative estimate of drug-likeness (QED) is 0.0656. The van der Waals surface area contributed by atoms with Crippen LogP contribution in [-0.4, -0.2) is 184 Å². The average Bonchev–Trinajstić information content (AvgIpc) is 3.12. The summed E-state index contributed by atoms with van der Waals surface area (Å²) in [5, 5.41) is 11.0. The first kappa shape index (κ1) is 46.7. The first-order chi connectivity index (χ1) is 24.9. The van der Waals surface area contributed by atoms with Crippen LogP contribution >= 0.6 is 0 Å². The van der Waals surface area contributed by atoms with Crippen LogP contribution in [0.1, 0.15) is 0 Å². The molecule has 0 radical (unpaired) electrons. The van der Waals surface area contributed by atoms with Gasteiger partial charge in [0.25, 0.3) is 10.1 Å². The Morgan fingerprint density at radius 2 is 0.804 bits per heavy atom. The molecule has 1 aromatic rings. The zero-order valence-electron chi connectivity index (χ0n) is 29.2. The smallest absolute Gasteiger partial charge is 0.329 e. The lowest BCUT2D eigenvalue weighted by Gasteiger charge is -2.09. The largest absolute Gasteiger partial charge is 0.480 e. The molecule has 1 amide bonds. The van der Waals surface area contributed by atoms with E-state index in [1.807, 2.05) is 0 Å². The zero-order valence-corrected chi connectivity index (χ0v) is 30.1. The number of amides is 1. The molecule has 0 fully saturated rings. The van der Waals surface area contributed by atoms with Crippen LogP contribution in [0, 0.1) is 0 Å². The predicted octanol–water partition coefficient (Wildman–Crippen LogP) is -0.225. The molecule has 19 heteroatoms. The van der Waals surface area contributed by atoms with Gasteiger partial charge < -0.3 is 62.5 Å². The fourth-order valence-electron chi connectivity index (χ4n) is 3.48. The van der Waals surface area contributed by atoms with Gasteiger partial charge in [0.05, 0.1) is 144 Å². The lowest BCUT2D eigenvalue weighted by molar-refractivity contribution is -0.143. The van der Waals surface area contributed by atoms with E-state index in [-0.39, 0.29) is 24.7 Å². The second-order valence-corrected chi connectivity index (χ2v) is 11.6. The summed E-state index contributed by atoms with van der Waals surface area (Å²) in [6.45, 7) is 7.46. The van der Waals surface area contributed by atoms with Crippen LogP contribution in [-0.2, 0) is 76.0 Å². The fraction of sp³-hybridized carbons (Fsp3) is 0.750. The minimum Gasteiger partial charge on any atom is -0.480 e. The van der Waals surface area contributed by atoms with Crippen molar-refractivity contribution in [2.45, 2.75) is 4.90 Å². The van der Waals surface area contributed by atoms with Gasteiger partial charge in [-0.15, -0.1) is 0 Å². The summed E-state index contributed by atoms with van der Waals surface area (Å²) >= 11 is 0. The molecule has 0 aliphatic heterocycles. The molecule has 1 aromatic carbocycles. The highest BCUT2D eigenvalue weighted by Crippen LogP contribution is 2.10. The summed E-state index contributed by atoms with van der Waals surface area (Å²) in [6.07, 6.45) is 0. The van der Waals surface area contributed by atoms with E-state index in [0.717, 1.165) is 0 Å². The van der Waals surface area contributed by atoms with Crippen molar-refractivity contribution in [2.24, 2.45) is 0 Å². The molecule has 0 atom stereocenters. The van der Waals surface area contributed by atoms with Gasteiger partial charge in [-0.1, -0.05) is 18.2 Å². The molecule has 0 aliphatic rings. The Morgan fingerprint density at radius 1 is 0.471 bits per heavy atom. The van der Waals surface area contributed by atoms with Crippen molar-refractivity contribution in [3.63, 3.8) is 0 Å². The summed E-state index contributed by atoms with van der Waals surface area (Å²) in [6, 6.07) is 7.94. The molecular formula is C32H55NO17S. The first-order valence-corrected chi connectivity index (χ1v) is 18.1. The summed E-state index contributed by atoms with van der Waals surface area (Å²) in [5.41, 5.74) is 0. The van der Waals surface area contributed by atoms with Crippen LogP contribution < -0.4 is 5.32 Å². The molecule has 51 heavy (non-hydrogen) atoms. The van der Waals surface area contributed by atoms with E-state index >= 15 is 0 Å². The van der Waals surface area contributed by atoms with E-state index in [2.05, 4.69) is 10.1 Å². The Hall–Kier alpha value is -2.37. The number of carbonyl (C=O) groups is 2. The van der Waals surface area contributed by atoms with Gasteiger partial charge in [-0.3, -0.25) is 8.98 Å². The minimum absolute atomic E-state index is 0.0693. The number of carbonyl (C=O) groups excluding carboxylic acids is 1. The van der Waals surface area contributed by atoms with Gasteiger partial charge in [0.1, 0.15) is 13.2 Å². The molecule has 0 aromatic heterocycles. The molecule has 1 rings (SSSR count). The Labute approximate surface area is 300 Å². The van der Waals surface area contributed by atoms with Crippen LogP contribution in [0.15, 0.2) is 35.2 Å². The normalized spacial score (nSPS) is 11.6. The molecule has 0 spiro atoms. The third-order valence-electron chi connectivity index (χ3n) is 5.87. The molecule has 2 N–H and O–H groups in total. The van der Waals surface area contributed by atoms with Crippen molar-refractivity contribution in [3.8, 4) is 0 Å². The number of hydrogen-bond acceptors (Lipinski definition) is 16. The minimum atomic E-state index is -3.77. The summed E-state index contributed by atoms with van der Waals surface area (Å²) in [7, 11) is -3.77. The highest BCUT2D eigenvalue weighted by Gasteiger charge is 2.13. The molecule has 296 valence electrons. The topological polar surface area (TPSA) is 211 Å². The maximum absolute atomic E-state index is 12.0. The van der Waals surface area contributed by atoms with Crippen molar-refractivity contribution in [1.82, 2.24) is 5.32 Å². The van der Waals surface area contributed by atoms with Crippen molar-refractivity contribution in [3.05, 3.63) is 30.3 Å². The second-order valence-electron chi connectivity index (χ2n) is 9.95. The van der Waals surface area contributed by atoms with E-state index in [1.165, 1.54) is 12.1 Å². The van der Waals surface area contributed by atoms with Gasteiger partial charge in [-0.05, 0) is 12.1 Å². The molecule has 0 saturated carbocycles. The Morgan fingerprint density at radius 3 is 1.16 bits per heavy atom. The Balaban J connectivity index is 1.66. The van der Waals surface area contributed by atoms with Crippen LogP contribution in [0.2, 0.25) is 0 Å². The van der Waals surface area contributed by atoms with Gasteiger partial charge >= 0.3 is 5.97 Å². The number of nitrogens with one attached hydrogen (secondary N) is 1. The number of aliphatic carboxylic acids is 1. The van der Waals surface area contributed by atoms with Crippen LogP contribution in [0.25, 0.3) is 0 Å². The molecule has 0 unspecified atom stereocenters. The summed E-state index contributed by atoms with van der Waals surface area (Å²) in [4.78, 5) is 21.8. The first-order valence-electron chi connectivity index (χ1n) is 16.7. The number of ether oxygens (including phenoxy) is 11. The van der Waals surface area contributed by atoms with E-state index in [4.69, 9.17) is 56.7 Å². The van der Waals surface area contributed by atoms with E-state index in [9.17, 15) is 18.0 Å². The number of carboxylic acids is 1. The van der Waals surface area contributed by atoms with E-state index in [1.54, 1.807) is 18.2 Å². The SMILES string of the molecule is O=C(O)COCC(=O)NCCOCCOCCOCCOCCOCCOCCOCCOCCOCCOCCOS(=O)(=O)c1ccccc1. The second kappa shape index (κ2) is 34.7. The molecule has 0 heterocycles. The fourth-order valence-corrected chi connectivity index (χ4v) is 4.40. The zero-order chi connectivity index (χ0) is 36.9. The van der Waals surface area contributed by atoms with E-state index < -0.39 is 28.6 Å². The van der Waals surface area contributed by atoms with Crippen molar-refractivity contribution >= 4 is 22.0 Å². The van der Waals surface area contributed by atoms with Gasteiger partial charge in [-0.25, -0.2) is 4.79 Å². The molecule has 0 aliphatic carbocycles. The summed E-state index contributed by atoms with van der Waals surface area (Å²) in [5.74, 6) is -1.53. The van der Waals surface area contributed by atoms with Gasteiger partial charge in [0.15, 0.2) is 0 Å². The van der Waals surface area contributed by atoms with Gasteiger partial charge in [0.2, 0.25) is 5.91 Å². The molecule has 0 saturated heterocycles. The number of rotatable bonds is 39. The maximum Gasteiger partial charge on any atom is 0.329 e. The molecule has 18 nitrogen and oxygen atoms in total. The number of hydrogen-bond donors (Lipinski definition) is 2. The monoisotopic (exact) mass is 757 g/mol. The average molecular weight is 758 g/mol. The van der Waals surface area contributed by atoms with Crippen LogP contribution in [0.3, 0.4) is 0 Å². The summed E-state index contributed by atoms with van der Waals surface area (Å²) < 4.78 is 87.6. The van der Waals surface area contributed by atoms with Crippen LogP contribution in [0.5, 0.6) is 0 Å². The van der Waals surface area contributed by atoms with Gasteiger partial charge in [-0.2, -0.15) is 8.42 Å². The third kappa shape index (κ3) is 32.0. The molecular weight excluding hydrogens is 702 g/mol. The third-order valence-corrected chi connectivity index (χ3v) is 7.20. The van der Waals surface area contributed by atoms with Gasteiger partial charge in [0, 0.05) is 6.54 Å². The maximum atomic E-state index is 12.0. The highest BCUT2D eigenvalue weighted by atomic mass is 32.2. The Kier molecular flexibility index (Phi) is 31.7. The van der Waals surface area contributed by atoms with Crippen molar-refractivity contribution in [2.75, 3.05) is 159 Å². The van der Waals surface area contributed by atoms with E-state index in [0.29, 0.717) is 132 Å². The highest BCUT2D eigenvalue weighted by molar-refractivity contribution is 7.86. The Bertz CT molecular complexity index is 1050. The standard InChI is InChI=1S/C32H55NO17S/c34-31(28-49-29-32(35)36)33-6-7-39-8-9-40-10-11-41-12-13-42-14-15-43-16-17-44-18-19-45-20-21-46-22-23-47-24-25-48-26-27-50-51(37,38)30-4-2-1-3-5-30/h1-5H,6-29H2,(H,33,34)(H,35,36). The van der Waals surface area contributed by atoms with Crippen LogP contribution in [0.4, 0.5) is 0 Å². The predicted molar refractivity (Wildman–Crippen MR) is 179 cm³/mol. The van der Waals surface area contributed by atoms with Crippen molar-refractivity contribution in [1.29, 1.82) is 0 Å². The number of carboxylic acid groups (broad SMARTS) is 1. The lowest BCUT2D eigenvalue weighted by atomic mass is 10.4. The number of benzene rings is 1. The van der Waals surface area contributed by atoms with Crippen molar-refractivity contribution < 1.29 is 79.4 Å². The lowest BCUT2D eigenvalue weighted by Crippen LogP contribution is -2.31.